The van der Waals surface area contributed by atoms with Crippen molar-refractivity contribution in [2.45, 2.75) is 19.4 Å². The Morgan fingerprint density at radius 2 is 2.00 bits per heavy atom. The van der Waals surface area contributed by atoms with Gasteiger partial charge in [-0.2, -0.15) is 0 Å². The summed E-state index contributed by atoms with van der Waals surface area (Å²) in [6, 6.07) is 9.88. The maximum atomic E-state index is 11.5. The Morgan fingerprint density at radius 1 is 1.25 bits per heavy atom. The van der Waals surface area contributed by atoms with Crippen molar-refractivity contribution in [3.8, 4) is 0 Å². The van der Waals surface area contributed by atoms with Gasteiger partial charge in [0.2, 0.25) is 0 Å². The summed E-state index contributed by atoms with van der Waals surface area (Å²) in [4.78, 5) is 11.5. The number of hydrogen-bond donors (Lipinski definition) is 3. The van der Waals surface area contributed by atoms with E-state index in [1.165, 1.54) is 0 Å². The number of benzene rings is 1. The van der Waals surface area contributed by atoms with Gasteiger partial charge in [-0.15, -0.1) is 0 Å². The number of carbonyl (C=O) groups excluding carboxylic acids is 1. The Bertz CT molecular complexity index is 400. The Kier molecular flexibility index (Phi) is 3.10. The first kappa shape index (κ1) is 10.5. The standard InChI is InChI=1S/C12H15N3O/c1-9-7-8-11(12(16)13-9)15-14-10-5-3-2-4-6-10/h2-6,8-9,14-15H,7H2,1H3,(H,13,16). The van der Waals surface area contributed by atoms with Crippen molar-refractivity contribution in [3.05, 3.63) is 42.1 Å². The van der Waals surface area contributed by atoms with Crippen LogP contribution in [-0.2, 0) is 4.79 Å². The van der Waals surface area contributed by atoms with Crippen molar-refractivity contribution in [2.24, 2.45) is 0 Å². The fraction of sp³-hybridized carbons (Fsp3) is 0.250. The van der Waals surface area contributed by atoms with Gasteiger partial charge in [-0.3, -0.25) is 10.2 Å². The van der Waals surface area contributed by atoms with Crippen LogP contribution in [0, 0.1) is 0 Å². The predicted molar refractivity (Wildman–Crippen MR) is 63.5 cm³/mol. The quantitative estimate of drug-likeness (QED) is 0.671. The topological polar surface area (TPSA) is 53.2 Å². The molecule has 84 valence electrons. The maximum Gasteiger partial charge on any atom is 0.269 e. The number of para-hydroxylation sites is 1. The normalized spacial score (nSPS) is 19.7. The van der Waals surface area contributed by atoms with Crippen LogP contribution in [0.2, 0.25) is 0 Å². The molecule has 1 aromatic carbocycles. The molecule has 3 N–H and O–H groups in total. The van der Waals surface area contributed by atoms with Gasteiger partial charge in [0.25, 0.3) is 5.91 Å². The molecule has 4 heteroatoms. The molecule has 1 aliphatic heterocycles. The second-order valence-corrected chi connectivity index (χ2v) is 3.84. The highest BCUT2D eigenvalue weighted by atomic mass is 16.2. The number of hydrazine groups is 1. The summed E-state index contributed by atoms with van der Waals surface area (Å²) in [5.74, 6) is -0.0674. The molecular weight excluding hydrogens is 202 g/mol. The average Bonchev–Trinajstić information content (AvgIpc) is 2.29. The summed E-state index contributed by atoms with van der Waals surface area (Å²) in [6.45, 7) is 1.98. The van der Waals surface area contributed by atoms with Gasteiger partial charge in [-0.05, 0) is 25.5 Å². The van der Waals surface area contributed by atoms with Crippen LogP contribution >= 0.6 is 0 Å². The van der Waals surface area contributed by atoms with Gasteiger partial charge in [0.05, 0.1) is 5.69 Å². The number of amides is 1. The van der Waals surface area contributed by atoms with Gasteiger partial charge in [0, 0.05) is 6.04 Å². The van der Waals surface area contributed by atoms with E-state index in [-0.39, 0.29) is 11.9 Å². The van der Waals surface area contributed by atoms with Crippen molar-refractivity contribution in [1.82, 2.24) is 10.7 Å². The van der Waals surface area contributed by atoms with Crippen LogP contribution in [0.4, 0.5) is 5.69 Å². The molecular formula is C12H15N3O. The molecule has 4 nitrogen and oxygen atoms in total. The average molecular weight is 217 g/mol. The van der Waals surface area contributed by atoms with Crippen LogP contribution in [0.1, 0.15) is 13.3 Å². The number of nitrogens with one attached hydrogen (secondary N) is 3. The van der Waals surface area contributed by atoms with Gasteiger partial charge < -0.3 is 10.7 Å². The molecule has 1 aromatic rings. The van der Waals surface area contributed by atoms with E-state index in [0.717, 1.165) is 12.1 Å². The largest absolute Gasteiger partial charge is 0.348 e. The van der Waals surface area contributed by atoms with Crippen LogP contribution in [0.15, 0.2) is 42.1 Å². The zero-order valence-corrected chi connectivity index (χ0v) is 9.16. The smallest absolute Gasteiger partial charge is 0.269 e. The van der Waals surface area contributed by atoms with E-state index < -0.39 is 0 Å². The first-order chi connectivity index (χ1) is 7.75. The Morgan fingerprint density at radius 3 is 2.69 bits per heavy atom. The van der Waals surface area contributed by atoms with E-state index in [2.05, 4.69) is 16.2 Å². The molecule has 2 rings (SSSR count). The molecule has 0 aromatic heterocycles. The summed E-state index contributed by atoms with van der Waals surface area (Å²) in [6.07, 6.45) is 2.75. The molecule has 1 unspecified atom stereocenters. The summed E-state index contributed by atoms with van der Waals surface area (Å²) in [5.41, 5.74) is 7.38. The summed E-state index contributed by atoms with van der Waals surface area (Å²) >= 11 is 0. The predicted octanol–water partition coefficient (Wildman–Crippen LogP) is 1.40. The minimum Gasteiger partial charge on any atom is -0.348 e. The van der Waals surface area contributed by atoms with E-state index in [0.29, 0.717) is 5.70 Å². The summed E-state index contributed by atoms with van der Waals surface area (Å²) in [5, 5.41) is 2.86. The molecule has 1 aliphatic rings. The SMILES string of the molecule is CC1CC=C(NNc2ccccc2)C(=O)N1. The van der Waals surface area contributed by atoms with Crippen LogP contribution in [0.25, 0.3) is 0 Å². The van der Waals surface area contributed by atoms with Gasteiger partial charge >= 0.3 is 0 Å². The van der Waals surface area contributed by atoms with Crippen LogP contribution in [0.5, 0.6) is 0 Å². The summed E-state index contributed by atoms with van der Waals surface area (Å²) in [7, 11) is 0. The third-order valence-electron chi connectivity index (χ3n) is 2.41. The van der Waals surface area contributed by atoms with E-state index in [1.807, 2.05) is 43.3 Å². The number of anilines is 1. The lowest BCUT2D eigenvalue weighted by Gasteiger charge is -2.21. The molecule has 0 fully saturated rings. The summed E-state index contributed by atoms with van der Waals surface area (Å²) < 4.78 is 0. The molecule has 0 saturated carbocycles. The van der Waals surface area contributed by atoms with E-state index >= 15 is 0 Å². The highest BCUT2D eigenvalue weighted by Gasteiger charge is 2.16. The first-order valence-corrected chi connectivity index (χ1v) is 5.34. The van der Waals surface area contributed by atoms with Crippen molar-refractivity contribution in [3.63, 3.8) is 0 Å². The minimum absolute atomic E-state index is 0.0674. The Balaban J connectivity index is 1.94. The van der Waals surface area contributed by atoms with Crippen molar-refractivity contribution in [1.29, 1.82) is 0 Å². The number of carbonyl (C=O) groups is 1. The number of rotatable bonds is 3. The van der Waals surface area contributed by atoms with Crippen LogP contribution < -0.4 is 16.2 Å². The van der Waals surface area contributed by atoms with Crippen molar-refractivity contribution in [2.75, 3.05) is 5.43 Å². The lowest BCUT2D eigenvalue weighted by Crippen LogP contribution is -2.42. The van der Waals surface area contributed by atoms with Crippen LogP contribution in [0.3, 0.4) is 0 Å². The fourth-order valence-electron chi connectivity index (χ4n) is 1.52. The molecule has 1 amide bonds. The lowest BCUT2D eigenvalue weighted by atomic mass is 10.1. The molecule has 0 saturated heterocycles. The Hall–Kier alpha value is -1.97. The van der Waals surface area contributed by atoms with Gasteiger partial charge in [-0.25, -0.2) is 0 Å². The molecule has 0 radical (unpaired) electrons. The molecule has 1 heterocycles. The van der Waals surface area contributed by atoms with Crippen molar-refractivity contribution >= 4 is 11.6 Å². The first-order valence-electron chi connectivity index (χ1n) is 5.34. The monoisotopic (exact) mass is 217 g/mol. The van der Waals surface area contributed by atoms with Gasteiger partial charge in [0.1, 0.15) is 5.70 Å². The Labute approximate surface area is 94.7 Å². The van der Waals surface area contributed by atoms with Crippen LogP contribution in [-0.4, -0.2) is 11.9 Å². The van der Waals surface area contributed by atoms with E-state index in [9.17, 15) is 4.79 Å². The minimum atomic E-state index is -0.0674. The third-order valence-corrected chi connectivity index (χ3v) is 2.41. The van der Waals surface area contributed by atoms with E-state index in [4.69, 9.17) is 0 Å². The zero-order valence-electron chi connectivity index (χ0n) is 9.16. The van der Waals surface area contributed by atoms with Crippen molar-refractivity contribution < 1.29 is 4.79 Å². The second-order valence-electron chi connectivity index (χ2n) is 3.84. The second kappa shape index (κ2) is 4.70. The van der Waals surface area contributed by atoms with E-state index in [1.54, 1.807) is 0 Å². The number of hydrogen-bond acceptors (Lipinski definition) is 3. The molecule has 0 spiro atoms. The zero-order chi connectivity index (χ0) is 11.4. The highest BCUT2D eigenvalue weighted by Crippen LogP contribution is 2.07. The molecule has 1 atom stereocenters. The highest BCUT2D eigenvalue weighted by molar-refractivity contribution is 5.94. The lowest BCUT2D eigenvalue weighted by molar-refractivity contribution is -0.118. The molecule has 0 aliphatic carbocycles. The van der Waals surface area contributed by atoms with Gasteiger partial charge in [-0.1, -0.05) is 24.3 Å². The fourth-order valence-corrected chi connectivity index (χ4v) is 1.52. The molecule has 16 heavy (non-hydrogen) atoms. The molecule has 0 bridgehead atoms. The third kappa shape index (κ3) is 2.53. The van der Waals surface area contributed by atoms with Gasteiger partial charge in [0.15, 0.2) is 0 Å². The maximum absolute atomic E-state index is 11.5.